The van der Waals surface area contributed by atoms with Crippen LogP contribution in [0, 0.1) is 0 Å². The zero-order chi connectivity index (χ0) is 23.5. The number of benzene rings is 2. The van der Waals surface area contributed by atoms with Crippen molar-refractivity contribution in [2.75, 3.05) is 25.0 Å². The molecule has 0 saturated carbocycles. The van der Waals surface area contributed by atoms with Crippen molar-refractivity contribution in [2.24, 2.45) is 0 Å². The largest absolute Gasteiger partial charge is 0.474 e. The molecule has 0 unspecified atom stereocenters. The Balaban J connectivity index is 1.37. The van der Waals surface area contributed by atoms with E-state index in [1.54, 1.807) is 19.3 Å². The van der Waals surface area contributed by atoms with Gasteiger partial charge in [0, 0.05) is 30.6 Å². The molecule has 1 aliphatic heterocycles. The summed E-state index contributed by atoms with van der Waals surface area (Å²) < 4.78 is 12.7. The first-order valence-electron chi connectivity index (χ1n) is 11.4. The summed E-state index contributed by atoms with van der Waals surface area (Å²) in [7, 11) is 1.69. The number of pyridine rings is 1. The number of para-hydroxylation sites is 1. The van der Waals surface area contributed by atoms with Crippen LogP contribution >= 0.6 is 0 Å². The van der Waals surface area contributed by atoms with E-state index < -0.39 is 5.76 Å². The number of carbonyl (C=O) groups is 1. The van der Waals surface area contributed by atoms with Crippen molar-refractivity contribution in [3.63, 3.8) is 0 Å². The van der Waals surface area contributed by atoms with Gasteiger partial charge in [-0.1, -0.05) is 24.3 Å². The minimum Gasteiger partial charge on any atom is -0.474 e. The van der Waals surface area contributed by atoms with Gasteiger partial charge in [0.25, 0.3) is 0 Å². The van der Waals surface area contributed by atoms with Crippen molar-refractivity contribution in [1.29, 1.82) is 0 Å². The van der Waals surface area contributed by atoms with Gasteiger partial charge in [0.2, 0.25) is 11.8 Å². The second-order valence-corrected chi connectivity index (χ2v) is 8.38. The number of likely N-dealkylation sites (N-methyl/N-ethyl adjacent to an activating group) is 1. The van der Waals surface area contributed by atoms with Gasteiger partial charge in [-0.3, -0.25) is 9.36 Å². The quantitative estimate of drug-likeness (QED) is 0.476. The highest BCUT2D eigenvalue weighted by molar-refractivity contribution is 5.93. The number of piperidine rings is 1. The number of amides is 1. The average Bonchev–Trinajstić information content (AvgIpc) is 3.19. The number of hydrogen-bond acceptors (Lipinski definition) is 6. The summed E-state index contributed by atoms with van der Waals surface area (Å²) in [5.74, 6) is -0.181. The molecule has 174 valence electrons. The van der Waals surface area contributed by atoms with E-state index in [0.29, 0.717) is 17.0 Å². The number of rotatable bonds is 6. The lowest BCUT2D eigenvalue weighted by atomic mass is 10.1. The Morgan fingerprint density at radius 3 is 2.62 bits per heavy atom. The molecule has 8 heteroatoms. The normalized spacial score (nSPS) is 14.3. The third kappa shape index (κ3) is 4.58. The molecule has 5 rings (SSSR count). The van der Waals surface area contributed by atoms with Crippen LogP contribution in [0.25, 0.3) is 22.2 Å². The van der Waals surface area contributed by atoms with Crippen molar-refractivity contribution in [2.45, 2.75) is 25.5 Å². The standard InChI is InChI=1S/C26H26N4O4/c1-29(20-5-3-2-4-6-20)25(31)17-30-22-15-18(7-9-23(22)34-26(30)32)19-8-10-24(28-16-19)33-21-11-13-27-14-12-21/h2-10,15-16,21,27H,11-14,17H2,1H3. The molecule has 1 amide bonds. The van der Waals surface area contributed by atoms with E-state index in [-0.39, 0.29) is 18.6 Å². The van der Waals surface area contributed by atoms with E-state index in [4.69, 9.17) is 9.15 Å². The third-order valence-electron chi connectivity index (χ3n) is 6.12. The molecule has 0 atom stereocenters. The zero-order valence-electron chi connectivity index (χ0n) is 18.9. The first-order chi connectivity index (χ1) is 16.6. The Labute approximate surface area is 196 Å². The van der Waals surface area contributed by atoms with Gasteiger partial charge in [-0.05, 0) is 61.8 Å². The maximum Gasteiger partial charge on any atom is 0.420 e. The van der Waals surface area contributed by atoms with E-state index in [2.05, 4.69) is 10.3 Å². The van der Waals surface area contributed by atoms with E-state index in [0.717, 1.165) is 42.7 Å². The summed E-state index contributed by atoms with van der Waals surface area (Å²) in [4.78, 5) is 31.4. The second kappa shape index (κ2) is 9.52. The number of nitrogens with one attached hydrogen (secondary N) is 1. The Morgan fingerprint density at radius 2 is 1.88 bits per heavy atom. The predicted octanol–water partition coefficient (Wildman–Crippen LogP) is 3.45. The number of hydrogen-bond donors (Lipinski definition) is 1. The number of carbonyl (C=O) groups excluding carboxylic acids is 1. The van der Waals surface area contributed by atoms with Crippen LogP contribution in [-0.2, 0) is 11.3 Å². The molecule has 1 fully saturated rings. The van der Waals surface area contributed by atoms with Gasteiger partial charge in [0.15, 0.2) is 5.58 Å². The summed E-state index contributed by atoms with van der Waals surface area (Å²) >= 11 is 0. The molecule has 0 bridgehead atoms. The van der Waals surface area contributed by atoms with Gasteiger partial charge >= 0.3 is 5.76 Å². The Bertz CT molecular complexity index is 1340. The molecule has 4 aromatic rings. The first-order valence-corrected chi connectivity index (χ1v) is 11.4. The topological polar surface area (TPSA) is 89.6 Å². The lowest BCUT2D eigenvalue weighted by Gasteiger charge is -2.23. The van der Waals surface area contributed by atoms with Crippen molar-refractivity contribution >= 4 is 22.7 Å². The summed E-state index contributed by atoms with van der Waals surface area (Å²) in [6.07, 6.45) is 3.88. The maximum absolute atomic E-state index is 12.9. The lowest BCUT2D eigenvalue weighted by Crippen LogP contribution is -2.34. The van der Waals surface area contributed by atoms with Gasteiger partial charge in [-0.2, -0.15) is 0 Å². The van der Waals surface area contributed by atoms with Crippen LogP contribution in [-0.4, -0.2) is 41.7 Å². The first kappa shape index (κ1) is 21.9. The van der Waals surface area contributed by atoms with E-state index in [1.165, 1.54) is 9.47 Å². The highest BCUT2D eigenvalue weighted by atomic mass is 16.5. The van der Waals surface area contributed by atoms with Crippen LogP contribution in [0.3, 0.4) is 0 Å². The van der Waals surface area contributed by atoms with Crippen LogP contribution in [0.2, 0.25) is 0 Å². The molecule has 0 radical (unpaired) electrons. The summed E-state index contributed by atoms with van der Waals surface area (Å²) in [5, 5.41) is 3.32. The molecule has 1 N–H and O–H groups in total. The molecular weight excluding hydrogens is 432 g/mol. The van der Waals surface area contributed by atoms with Crippen LogP contribution in [0.4, 0.5) is 5.69 Å². The molecule has 2 aromatic heterocycles. The SMILES string of the molecule is CN(C(=O)Cn1c(=O)oc2ccc(-c3ccc(OC4CCNCC4)nc3)cc21)c1ccccc1. The van der Waals surface area contributed by atoms with Crippen molar-refractivity contribution in [1.82, 2.24) is 14.9 Å². The molecule has 8 nitrogen and oxygen atoms in total. The number of aromatic nitrogens is 2. The predicted molar refractivity (Wildman–Crippen MR) is 130 cm³/mol. The molecule has 0 aliphatic carbocycles. The van der Waals surface area contributed by atoms with Crippen LogP contribution in [0.1, 0.15) is 12.8 Å². The maximum atomic E-state index is 12.9. The minimum absolute atomic E-state index is 0.123. The molecule has 1 saturated heterocycles. The highest BCUT2D eigenvalue weighted by Gasteiger charge is 2.18. The Hall–Kier alpha value is -3.91. The lowest BCUT2D eigenvalue weighted by molar-refractivity contribution is -0.118. The monoisotopic (exact) mass is 458 g/mol. The number of nitrogens with zero attached hydrogens (tertiary/aromatic N) is 3. The van der Waals surface area contributed by atoms with Crippen LogP contribution < -0.4 is 20.7 Å². The zero-order valence-corrected chi connectivity index (χ0v) is 18.9. The Kier molecular flexibility index (Phi) is 6.14. The molecule has 1 aliphatic rings. The second-order valence-electron chi connectivity index (χ2n) is 8.38. The van der Waals surface area contributed by atoms with E-state index in [9.17, 15) is 9.59 Å². The summed E-state index contributed by atoms with van der Waals surface area (Å²) in [6.45, 7) is 1.79. The van der Waals surface area contributed by atoms with Gasteiger partial charge in [-0.15, -0.1) is 0 Å². The molecule has 3 heterocycles. The summed E-state index contributed by atoms with van der Waals surface area (Å²) in [6, 6.07) is 18.6. The fourth-order valence-corrected chi connectivity index (χ4v) is 4.13. The van der Waals surface area contributed by atoms with Crippen LogP contribution in [0.15, 0.2) is 76.1 Å². The van der Waals surface area contributed by atoms with Crippen molar-refractivity contribution < 1.29 is 13.9 Å². The van der Waals surface area contributed by atoms with E-state index in [1.807, 2.05) is 54.6 Å². The van der Waals surface area contributed by atoms with Gasteiger partial charge in [0.1, 0.15) is 12.6 Å². The van der Waals surface area contributed by atoms with Crippen LogP contribution in [0.5, 0.6) is 5.88 Å². The number of oxazole rings is 1. The smallest absolute Gasteiger partial charge is 0.420 e. The minimum atomic E-state index is -0.564. The number of anilines is 1. The van der Waals surface area contributed by atoms with Crippen molar-refractivity contribution in [3.05, 3.63) is 77.4 Å². The molecule has 34 heavy (non-hydrogen) atoms. The molecule has 0 spiro atoms. The fourth-order valence-electron chi connectivity index (χ4n) is 4.13. The van der Waals surface area contributed by atoms with E-state index >= 15 is 0 Å². The van der Waals surface area contributed by atoms with Gasteiger partial charge in [-0.25, -0.2) is 9.78 Å². The average molecular weight is 459 g/mol. The third-order valence-corrected chi connectivity index (χ3v) is 6.12. The number of ether oxygens (including phenoxy) is 1. The van der Waals surface area contributed by atoms with Crippen molar-refractivity contribution in [3.8, 4) is 17.0 Å². The highest BCUT2D eigenvalue weighted by Crippen LogP contribution is 2.26. The van der Waals surface area contributed by atoms with Gasteiger partial charge in [0.05, 0.1) is 5.52 Å². The number of fused-ring (bicyclic) bond motifs is 1. The van der Waals surface area contributed by atoms with Gasteiger partial charge < -0.3 is 19.4 Å². The molecular formula is C26H26N4O4. The Morgan fingerprint density at radius 1 is 1.12 bits per heavy atom. The molecule has 2 aromatic carbocycles. The summed E-state index contributed by atoms with van der Waals surface area (Å²) in [5.41, 5.74) is 3.50. The fraction of sp³-hybridized carbons (Fsp3) is 0.269.